The van der Waals surface area contributed by atoms with Crippen molar-refractivity contribution in [2.75, 3.05) is 12.8 Å². The van der Waals surface area contributed by atoms with Crippen molar-refractivity contribution in [2.45, 2.75) is 43.7 Å². The number of carbonyl (C=O) groups excluding carboxylic acids is 1. The molecule has 2 aromatic carbocycles. The molecule has 1 aromatic heterocycles. The minimum Gasteiger partial charge on any atom is -0.384 e. The number of likely N-dealkylation sites (N-methyl/N-ethyl adjacent to an activating group) is 1. The number of aromatic amines is 1. The number of allylic oxidation sites excluding steroid dienone is 1. The average Bonchev–Trinajstić information content (AvgIpc) is 3.22. The third-order valence-corrected chi connectivity index (χ3v) is 7.06. The highest BCUT2D eigenvalue weighted by molar-refractivity contribution is 7.90. The van der Waals surface area contributed by atoms with Crippen LogP contribution in [0.4, 0.5) is 0 Å². The second-order valence-electron chi connectivity index (χ2n) is 8.29. The van der Waals surface area contributed by atoms with E-state index in [0.717, 1.165) is 36.7 Å². The van der Waals surface area contributed by atoms with Gasteiger partial charge in [0.15, 0.2) is 9.84 Å². The molecule has 0 aliphatic heterocycles. The molecule has 0 spiro atoms. The molecule has 1 heterocycles. The van der Waals surface area contributed by atoms with Crippen LogP contribution in [0.25, 0.3) is 10.9 Å². The van der Waals surface area contributed by atoms with Gasteiger partial charge in [-0.3, -0.25) is 4.79 Å². The first-order valence-electron chi connectivity index (χ1n) is 11.0. The number of aromatic nitrogens is 1. The highest BCUT2D eigenvalue weighted by atomic mass is 32.2. The van der Waals surface area contributed by atoms with Crippen LogP contribution in [0.15, 0.2) is 71.3 Å². The lowest BCUT2D eigenvalue weighted by atomic mass is 9.98. The van der Waals surface area contributed by atoms with Gasteiger partial charge in [-0.1, -0.05) is 30.3 Å². The van der Waals surface area contributed by atoms with Crippen molar-refractivity contribution in [3.05, 3.63) is 77.6 Å². The van der Waals surface area contributed by atoms with Crippen LogP contribution < -0.4 is 5.32 Å². The summed E-state index contributed by atoms with van der Waals surface area (Å²) in [6.45, 7) is 3.35. The Labute approximate surface area is 189 Å². The number of amides is 1. The maximum atomic E-state index is 13.3. The Hall–Kier alpha value is -3.06. The first kappa shape index (κ1) is 22.1. The summed E-state index contributed by atoms with van der Waals surface area (Å²) >= 11 is 0. The Morgan fingerprint density at radius 2 is 1.94 bits per heavy atom. The van der Waals surface area contributed by atoms with Crippen LogP contribution >= 0.6 is 0 Å². The zero-order chi connectivity index (χ0) is 22.7. The van der Waals surface area contributed by atoms with E-state index in [4.69, 9.17) is 0 Å². The molecule has 2 N–H and O–H groups in total. The normalized spacial score (nSPS) is 16.6. The summed E-state index contributed by atoms with van der Waals surface area (Å²) in [6, 6.07) is 16.9. The number of sulfone groups is 1. The number of carbonyl (C=O) groups is 1. The second-order valence-corrected chi connectivity index (χ2v) is 10.3. The smallest absolute Gasteiger partial charge is 0.270 e. The van der Waals surface area contributed by atoms with Crippen LogP contribution in [-0.4, -0.2) is 43.1 Å². The molecule has 4 rings (SSSR count). The lowest BCUT2D eigenvalue weighted by molar-refractivity contribution is 0.0706. The van der Waals surface area contributed by atoms with Crippen molar-refractivity contribution >= 4 is 26.6 Å². The molecule has 3 aromatic rings. The number of hydrogen-bond acceptors (Lipinski definition) is 4. The molecule has 1 aliphatic rings. The third kappa shape index (κ3) is 4.88. The van der Waals surface area contributed by atoms with Gasteiger partial charge >= 0.3 is 0 Å². The van der Waals surface area contributed by atoms with E-state index in [9.17, 15) is 13.2 Å². The van der Waals surface area contributed by atoms with E-state index in [1.54, 1.807) is 24.3 Å². The number of hydrogen-bond donors (Lipinski definition) is 2. The molecule has 0 radical (unpaired) electrons. The van der Waals surface area contributed by atoms with E-state index >= 15 is 0 Å². The van der Waals surface area contributed by atoms with Crippen molar-refractivity contribution in [3.63, 3.8) is 0 Å². The van der Waals surface area contributed by atoms with Gasteiger partial charge in [0.25, 0.3) is 5.91 Å². The maximum absolute atomic E-state index is 13.3. The monoisotopic (exact) mass is 451 g/mol. The third-order valence-electron chi connectivity index (χ3n) is 5.95. The lowest BCUT2D eigenvalue weighted by Gasteiger charge is -2.32. The SMILES string of the molecule is CCN(C(=O)c1cc2cc(S(C)(=O)=O)ccc2[nH]1)[C@@H]1C=C(NCc2ccccc2)CCC1. The van der Waals surface area contributed by atoms with Crippen molar-refractivity contribution in [2.24, 2.45) is 0 Å². The van der Waals surface area contributed by atoms with Gasteiger partial charge < -0.3 is 15.2 Å². The van der Waals surface area contributed by atoms with Crippen LogP contribution in [0.5, 0.6) is 0 Å². The summed E-state index contributed by atoms with van der Waals surface area (Å²) in [6.07, 6.45) is 6.29. The maximum Gasteiger partial charge on any atom is 0.270 e. The van der Waals surface area contributed by atoms with Gasteiger partial charge in [-0.05, 0) is 62.1 Å². The Bertz CT molecular complexity index is 1250. The molecular formula is C25H29N3O3S. The Morgan fingerprint density at radius 1 is 1.16 bits per heavy atom. The minimum atomic E-state index is -3.30. The number of nitrogens with zero attached hydrogens (tertiary/aromatic N) is 1. The standard InChI is InChI=1S/C25H29N3O3S/c1-3-28(21-11-7-10-20(16-21)26-17-18-8-5-4-6-9-18)25(29)24-15-19-14-22(32(2,30)31)12-13-23(19)27-24/h4-6,8-9,12-16,21,26-27H,3,7,10-11,17H2,1-2H3/t21-/m0/s1. The molecule has 0 saturated heterocycles. The van der Waals surface area contributed by atoms with Crippen LogP contribution in [0, 0.1) is 0 Å². The number of H-pyrrole nitrogens is 1. The molecule has 0 unspecified atom stereocenters. The fraction of sp³-hybridized carbons (Fsp3) is 0.320. The van der Waals surface area contributed by atoms with E-state index < -0.39 is 9.84 Å². The summed E-state index contributed by atoms with van der Waals surface area (Å²) in [5.41, 5.74) is 3.63. The molecule has 1 aliphatic carbocycles. The summed E-state index contributed by atoms with van der Waals surface area (Å²) in [5, 5.41) is 4.25. The predicted molar refractivity (Wildman–Crippen MR) is 127 cm³/mol. The summed E-state index contributed by atoms with van der Waals surface area (Å²) < 4.78 is 23.7. The number of nitrogens with one attached hydrogen (secondary N) is 2. The quantitative estimate of drug-likeness (QED) is 0.562. The summed E-state index contributed by atoms with van der Waals surface area (Å²) in [4.78, 5) is 18.6. The minimum absolute atomic E-state index is 0.0255. The summed E-state index contributed by atoms with van der Waals surface area (Å²) in [5.74, 6) is -0.0739. The predicted octanol–water partition coefficient (Wildman–Crippen LogP) is 4.26. The van der Waals surface area contributed by atoms with Gasteiger partial charge in [0.1, 0.15) is 5.69 Å². The zero-order valence-corrected chi connectivity index (χ0v) is 19.3. The van der Waals surface area contributed by atoms with Crippen molar-refractivity contribution in [3.8, 4) is 0 Å². The van der Waals surface area contributed by atoms with E-state index in [2.05, 4.69) is 28.5 Å². The van der Waals surface area contributed by atoms with Crippen molar-refractivity contribution in [1.82, 2.24) is 15.2 Å². The molecule has 0 bridgehead atoms. The van der Waals surface area contributed by atoms with Gasteiger partial charge in [0.05, 0.1) is 10.9 Å². The van der Waals surface area contributed by atoms with E-state index in [0.29, 0.717) is 12.2 Å². The van der Waals surface area contributed by atoms with Crippen molar-refractivity contribution in [1.29, 1.82) is 0 Å². The van der Waals surface area contributed by atoms with Crippen LogP contribution in [-0.2, 0) is 16.4 Å². The molecule has 0 fully saturated rings. The van der Waals surface area contributed by atoms with Gasteiger partial charge in [-0.25, -0.2) is 8.42 Å². The highest BCUT2D eigenvalue weighted by Gasteiger charge is 2.26. The van der Waals surface area contributed by atoms with Crippen LogP contribution in [0.1, 0.15) is 42.2 Å². The number of rotatable bonds is 7. The topological polar surface area (TPSA) is 82.3 Å². The van der Waals surface area contributed by atoms with E-state index in [1.807, 2.05) is 30.0 Å². The number of fused-ring (bicyclic) bond motifs is 1. The van der Waals surface area contributed by atoms with Gasteiger partial charge in [-0.2, -0.15) is 0 Å². The Kier molecular flexibility index (Phi) is 6.37. The van der Waals surface area contributed by atoms with Gasteiger partial charge in [0, 0.05) is 35.9 Å². The second kappa shape index (κ2) is 9.20. The van der Waals surface area contributed by atoms with Crippen molar-refractivity contribution < 1.29 is 13.2 Å². The van der Waals surface area contributed by atoms with Gasteiger partial charge in [-0.15, -0.1) is 0 Å². The largest absolute Gasteiger partial charge is 0.384 e. The van der Waals surface area contributed by atoms with E-state index in [-0.39, 0.29) is 16.8 Å². The lowest BCUT2D eigenvalue weighted by Crippen LogP contribution is -2.41. The fourth-order valence-corrected chi connectivity index (χ4v) is 4.90. The fourth-order valence-electron chi connectivity index (χ4n) is 4.25. The Morgan fingerprint density at radius 3 is 2.66 bits per heavy atom. The first-order chi connectivity index (χ1) is 15.3. The molecular weight excluding hydrogens is 422 g/mol. The molecule has 32 heavy (non-hydrogen) atoms. The molecule has 1 amide bonds. The molecule has 1 atom stereocenters. The van der Waals surface area contributed by atoms with E-state index in [1.165, 1.54) is 17.5 Å². The molecule has 7 heteroatoms. The van der Waals surface area contributed by atoms with Crippen LogP contribution in [0.3, 0.4) is 0 Å². The first-order valence-corrected chi connectivity index (χ1v) is 12.9. The Balaban J connectivity index is 1.52. The van der Waals surface area contributed by atoms with Gasteiger partial charge in [0.2, 0.25) is 0 Å². The van der Waals surface area contributed by atoms with Crippen LogP contribution in [0.2, 0.25) is 0 Å². The number of benzene rings is 2. The molecule has 0 saturated carbocycles. The molecule has 168 valence electrons. The summed E-state index contributed by atoms with van der Waals surface area (Å²) in [7, 11) is -3.30. The highest BCUT2D eigenvalue weighted by Crippen LogP contribution is 2.25. The average molecular weight is 452 g/mol. The zero-order valence-electron chi connectivity index (χ0n) is 18.5. The molecule has 6 nitrogen and oxygen atoms in total.